The van der Waals surface area contributed by atoms with Crippen LogP contribution in [0.3, 0.4) is 0 Å². The molecule has 0 spiro atoms. The van der Waals surface area contributed by atoms with Crippen molar-refractivity contribution in [3.05, 3.63) is 29.3 Å². The number of carbonyl (C=O) groups excluding carboxylic acids is 1. The number of benzene rings is 1. The molecule has 4 nitrogen and oxygen atoms in total. The standard InChI is InChI=1S/C13H13NO3/c1-13(8-16-2)6-11(15)10-5-9(7-14)3-4-12(10)17-13/h3-5H,6,8H2,1-2H3. The summed E-state index contributed by atoms with van der Waals surface area (Å²) in [5, 5.41) is 8.79. The molecule has 1 aliphatic heterocycles. The highest BCUT2D eigenvalue weighted by atomic mass is 16.5. The fraction of sp³-hybridized carbons (Fsp3) is 0.385. The van der Waals surface area contributed by atoms with Gasteiger partial charge in [-0.25, -0.2) is 0 Å². The molecule has 0 saturated carbocycles. The molecule has 1 heterocycles. The summed E-state index contributed by atoms with van der Waals surface area (Å²) in [6, 6.07) is 6.89. The Morgan fingerprint density at radius 2 is 2.35 bits per heavy atom. The summed E-state index contributed by atoms with van der Waals surface area (Å²) in [5.74, 6) is 0.516. The minimum atomic E-state index is -0.618. The van der Waals surface area contributed by atoms with Crippen LogP contribution in [0.1, 0.15) is 29.3 Å². The van der Waals surface area contributed by atoms with Crippen LogP contribution in [0, 0.1) is 11.3 Å². The number of Topliss-reactive ketones (excluding diaryl/α,β-unsaturated/α-hetero) is 1. The van der Waals surface area contributed by atoms with Crippen molar-refractivity contribution in [2.45, 2.75) is 18.9 Å². The highest BCUT2D eigenvalue weighted by Gasteiger charge is 2.36. The van der Waals surface area contributed by atoms with Crippen LogP contribution in [-0.4, -0.2) is 25.1 Å². The van der Waals surface area contributed by atoms with Gasteiger partial charge in [-0.05, 0) is 25.1 Å². The Morgan fingerprint density at radius 1 is 1.59 bits per heavy atom. The second kappa shape index (κ2) is 4.19. The lowest BCUT2D eigenvalue weighted by Gasteiger charge is -2.34. The minimum absolute atomic E-state index is 0.0112. The van der Waals surface area contributed by atoms with Gasteiger partial charge < -0.3 is 9.47 Å². The quantitative estimate of drug-likeness (QED) is 0.780. The van der Waals surface area contributed by atoms with Crippen molar-refractivity contribution in [1.82, 2.24) is 0 Å². The lowest BCUT2D eigenvalue weighted by Crippen LogP contribution is -2.43. The lowest BCUT2D eigenvalue weighted by atomic mass is 9.91. The van der Waals surface area contributed by atoms with Gasteiger partial charge in [0.15, 0.2) is 5.78 Å². The van der Waals surface area contributed by atoms with Gasteiger partial charge in [0.2, 0.25) is 0 Å². The molecular formula is C13H13NO3. The number of nitrogens with zero attached hydrogens (tertiary/aromatic N) is 1. The number of hydrogen-bond donors (Lipinski definition) is 0. The van der Waals surface area contributed by atoms with E-state index in [1.807, 2.05) is 13.0 Å². The van der Waals surface area contributed by atoms with Crippen molar-refractivity contribution in [1.29, 1.82) is 5.26 Å². The van der Waals surface area contributed by atoms with E-state index < -0.39 is 5.60 Å². The summed E-state index contributed by atoms with van der Waals surface area (Å²) in [6.45, 7) is 2.20. The smallest absolute Gasteiger partial charge is 0.170 e. The van der Waals surface area contributed by atoms with E-state index in [0.717, 1.165) is 0 Å². The molecular weight excluding hydrogens is 218 g/mol. The fourth-order valence-corrected chi connectivity index (χ4v) is 2.03. The Bertz CT molecular complexity index is 504. The van der Waals surface area contributed by atoms with Gasteiger partial charge in [-0.2, -0.15) is 5.26 Å². The molecule has 17 heavy (non-hydrogen) atoms. The van der Waals surface area contributed by atoms with Gasteiger partial charge in [-0.3, -0.25) is 4.79 Å². The van der Waals surface area contributed by atoms with Crippen molar-refractivity contribution >= 4 is 5.78 Å². The third-order valence-corrected chi connectivity index (χ3v) is 2.75. The molecule has 1 unspecified atom stereocenters. The summed E-state index contributed by atoms with van der Waals surface area (Å²) >= 11 is 0. The molecule has 0 radical (unpaired) electrons. The van der Waals surface area contributed by atoms with Crippen LogP contribution < -0.4 is 4.74 Å². The van der Waals surface area contributed by atoms with E-state index in [2.05, 4.69) is 0 Å². The first-order chi connectivity index (χ1) is 8.08. The molecule has 0 aliphatic carbocycles. The van der Waals surface area contributed by atoms with Gasteiger partial charge in [0.1, 0.15) is 11.4 Å². The average Bonchev–Trinajstić information content (AvgIpc) is 2.28. The summed E-state index contributed by atoms with van der Waals surface area (Å²) in [4.78, 5) is 12.0. The summed E-state index contributed by atoms with van der Waals surface area (Å²) in [5.41, 5.74) is 0.334. The van der Waals surface area contributed by atoms with Crippen LogP contribution in [0.2, 0.25) is 0 Å². The predicted octanol–water partition coefficient (Wildman–Crippen LogP) is 1.93. The summed E-state index contributed by atoms with van der Waals surface area (Å²) in [6.07, 6.45) is 0.267. The number of methoxy groups -OCH3 is 1. The van der Waals surface area contributed by atoms with Gasteiger partial charge in [0, 0.05) is 7.11 Å². The van der Waals surface area contributed by atoms with E-state index in [9.17, 15) is 4.79 Å². The molecule has 88 valence electrons. The number of rotatable bonds is 2. The molecule has 4 heteroatoms. The zero-order valence-corrected chi connectivity index (χ0v) is 9.82. The second-order valence-electron chi connectivity index (χ2n) is 4.41. The van der Waals surface area contributed by atoms with E-state index in [1.165, 1.54) is 0 Å². The number of fused-ring (bicyclic) bond motifs is 1. The van der Waals surface area contributed by atoms with Gasteiger partial charge >= 0.3 is 0 Å². The van der Waals surface area contributed by atoms with Crippen LogP contribution in [0.4, 0.5) is 0 Å². The Labute approximate surface area is 99.8 Å². The molecule has 1 aliphatic rings. The van der Waals surface area contributed by atoms with Crippen LogP contribution in [0.5, 0.6) is 5.75 Å². The third kappa shape index (κ3) is 2.15. The molecule has 0 fully saturated rings. The van der Waals surface area contributed by atoms with Crippen molar-refractivity contribution in [3.8, 4) is 11.8 Å². The van der Waals surface area contributed by atoms with E-state index in [0.29, 0.717) is 23.5 Å². The van der Waals surface area contributed by atoms with Crippen molar-refractivity contribution in [2.75, 3.05) is 13.7 Å². The van der Waals surface area contributed by atoms with E-state index in [1.54, 1.807) is 25.3 Å². The lowest BCUT2D eigenvalue weighted by molar-refractivity contribution is -0.00580. The SMILES string of the molecule is COCC1(C)CC(=O)c2cc(C#N)ccc2O1. The maximum atomic E-state index is 12.0. The van der Waals surface area contributed by atoms with E-state index >= 15 is 0 Å². The first-order valence-corrected chi connectivity index (χ1v) is 5.33. The summed E-state index contributed by atoms with van der Waals surface area (Å²) < 4.78 is 10.8. The topological polar surface area (TPSA) is 59.3 Å². The van der Waals surface area contributed by atoms with Crippen molar-refractivity contribution < 1.29 is 14.3 Å². The Hall–Kier alpha value is -1.86. The molecule has 0 amide bonds. The molecule has 0 aromatic heterocycles. The molecule has 1 atom stereocenters. The Kier molecular flexibility index (Phi) is 2.86. The maximum absolute atomic E-state index is 12.0. The normalized spacial score (nSPS) is 22.5. The number of ether oxygens (including phenoxy) is 2. The Morgan fingerprint density at radius 3 is 3.00 bits per heavy atom. The predicted molar refractivity (Wildman–Crippen MR) is 61.0 cm³/mol. The fourth-order valence-electron chi connectivity index (χ4n) is 2.03. The van der Waals surface area contributed by atoms with Crippen LogP contribution in [0.25, 0.3) is 0 Å². The van der Waals surface area contributed by atoms with Crippen LogP contribution in [0.15, 0.2) is 18.2 Å². The van der Waals surface area contributed by atoms with E-state index in [-0.39, 0.29) is 12.2 Å². The largest absolute Gasteiger partial charge is 0.484 e. The average molecular weight is 231 g/mol. The molecule has 2 rings (SSSR count). The van der Waals surface area contributed by atoms with E-state index in [4.69, 9.17) is 14.7 Å². The van der Waals surface area contributed by atoms with Gasteiger partial charge in [-0.15, -0.1) is 0 Å². The number of carbonyl (C=O) groups is 1. The van der Waals surface area contributed by atoms with Crippen LogP contribution in [-0.2, 0) is 4.74 Å². The zero-order valence-electron chi connectivity index (χ0n) is 9.82. The molecule has 0 bridgehead atoms. The van der Waals surface area contributed by atoms with Crippen LogP contribution >= 0.6 is 0 Å². The first-order valence-electron chi connectivity index (χ1n) is 5.33. The third-order valence-electron chi connectivity index (χ3n) is 2.75. The first kappa shape index (κ1) is 11.6. The molecule has 0 saturated heterocycles. The maximum Gasteiger partial charge on any atom is 0.170 e. The zero-order chi connectivity index (χ0) is 12.5. The van der Waals surface area contributed by atoms with Gasteiger partial charge in [0.25, 0.3) is 0 Å². The Balaban J connectivity index is 2.39. The van der Waals surface area contributed by atoms with Crippen molar-refractivity contribution in [3.63, 3.8) is 0 Å². The van der Waals surface area contributed by atoms with Gasteiger partial charge in [0.05, 0.1) is 30.2 Å². The van der Waals surface area contributed by atoms with Gasteiger partial charge in [-0.1, -0.05) is 0 Å². The number of hydrogen-bond acceptors (Lipinski definition) is 4. The highest BCUT2D eigenvalue weighted by molar-refractivity contribution is 6.00. The van der Waals surface area contributed by atoms with Crippen molar-refractivity contribution in [2.24, 2.45) is 0 Å². The second-order valence-corrected chi connectivity index (χ2v) is 4.41. The highest BCUT2D eigenvalue weighted by Crippen LogP contribution is 2.33. The number of nitriles is 1. The monoisotopic (exact) mass is 231 g/mol. The molecule has 1 aromatic carbocycles. The minimum Gasteiger partial charge on any atom is -0.484 e. The summed E-state index contributed by atoms with van der Waals surface area (Å²) in [7, 11) is 1.58. The molecule has 0 N–H and O–H groups in total. The number of ketones is 1. The molecule has 1 aromatic rings.